The topological polar surface area (TPSA) is 47.6 Å². The first-order valence-corrected chi connectivity index (χ1v) is 6.21. The SMILES string of the molecule is CC(C)Oc1cc(Br)ccc1N=C(N)CCl. The number of halogens is 2. The number of hydrogen-bond donors (Lipinski definition) is 1. The van der Waals surface area contributed by atoms with Gasteiger partial charge in [-0.3, -0.25) is 0 Å². The van der Waals surface area contributed by atoms with Gasteiger partial charge >= 0.3 is 0 Å². The molecule has 0 aliphatic rings. The van der Waals surface area contributed by atoms with E-state index in [-0.39, 0.29) is 12.0 Å². The van der Waals surface area contributed by atoms with E-state index in [4.69, 9.17) is 22.1 Å². The number of alkyl halides is 1. The molecule has 0 amide bonds. The zero-order chi connectivity index (χ0) is 12.1. The Morgan fingerprint density at radius 1 is 1.56 bits per heavy atom. The summed E-state index contributed by atoms with van der Waals surface area (Å²) in [6, 6.07) is 5.58. The second-order valence-corrected chi connectivity index (χ2v) is 4.70. The van der Waals surface area contributed by atoms with Gasteiger partial charge in [-0.2, -0.15) is 0 Å². The van der Waals surface area contributed by atoms with E-state index >= 15 is 0 Å². The first-order valence-electron chi connectivity index (χ1n) is 4.88. The maximum Gasteiger partial charge on any atom is 0.146 e. The molecule has 0 spiro atoms. The number of nitrogens with zero attached hydrogens (tertiary/aromatic N) is 1. The second kappa shape index (κ2) is 6.11. The van der Waals surface area contributed by atoms with Crippen LogP contribution < -0.4 is 10.5 Å². The van der Waals surface area contributed by atoms with Crippen LogP contribution in [0.4, 0.5) is 5.69 Å². The number of nitrogens with two attached hydrogens (primary N) is 1. The lowest BCUT2D eigenvalue weighted by Crippen LogP contribution is -2.12. The van der Waals surface area contributed by atoms with Gasteiger partial charge in [0.1, 0.15) is 17.3 Å². The van der Waals surface area contributed by atoms with E-state index in [0.717, 1.165) is 4.47 Å². The second-order valence-electron chi connectivity index (χ2n) is 3.52. The molecular weight excluding hydrogens is 291 g/mol. The Morgan fingerprint density at radius 2 is 2.25 bits per heavy atom. The molecule has 2 N–H and O–H groups in total. The van der Waals surface area contributed by atoms with Crippen LogP contribution in [-0.4, -0.2) is 17.8 Å². The van der Waals surface area contributed by atoms with Crippen molar-refractivity contribution in [3.63, 3.8) is 0 Å². The minimum absolute atomic E-state index is 0.0838. The fraction of sp³-hybridized carbons (Fsp3) is 0.364. The molecule has 0 saturated heterocycles. The fourth-order valence-electron chi connectivity index (χ4n) is 1.11. The van der Waals surface area contributed by atoms with Gasteiger partial charge in [-0.25, -0.2) is 4.99 Å². The predicted octanol–water partition coefficient (Wildman–Crippen LogP) is 3.46. The molecule has 0 aromatic heterocycles. The number of aliphatic imine (C=N–C) groups is 1. The molecule has 0 fully saturated rings. The first kappa shape index (κ1) is 13.3. The Morgan fingerprint density at radius 3 is 2.81 bits per heavy atom. The summed E-state index contributed by atoms with van der Waals surface area (Å²) in [5.74, 6) is 1.27. The average molecular weight is 306 g/mol. The summed E-state index contributed by atoms with van der Waals surface area (Å²) in [6.45, 7) is 3.92. The smallest absolute Gasteiger partial charge is 0.146 e. The number of benzene rings is 1. The van der Waals surface area contributed by atoms with Crippen molar-refractivity contribution in [2.45, 2.75) is 20.0 Å². The molecule has 1 aromatic carbocycles. The Kier molecular flexibility index (Phi) is 5.09. The average Bonchev–Trinajstić information content (AvgIpc) is 2.21. The molecule has 0 saturated carbocycles. The van der Waals surface area contributed by atoms with Crippen LogP contribution in [0.25, 0.3) is 0 Å². The van der Waals surface area contributed by atoms with Crippen molar-refractivity contribution >= 4 is 39.1 Å². The molecule has 1 rings (SSSR count). The standard InChI is InChI=1S/C11H14BrClN2O/c1-7(2)16-10-5-8(12)3-4-9(10)15-11(14)6-13/h3-5,7H,6H2,1-2H3,(H2,14,15). The van der Waals surface area contributed by atoms with Crippen molar-refractivity contribution in [3.8, 4) is 5.75 Å². The first-order chi connectivity index (χ1) is 7.52. The number of amidine groups is 1. The molecule has 88 valence electrons. The molecule has 0 unspecified atom stereocenters. The van der Waals surface area contributed by atoms with Crippen molar-refractivity contribution in [2.24, 2.45) is 10.7 Å². The predicted molar refractivity (Wildman–Crippen MR) is 71.9 cm³/mol. The Bertz CT molecular complexity index is 394. The van der Waals surface area contributed by atoms with Crippen LogP contribution >= 0.6 is 27.5 Å². The third-order valence-corrected chi connectivity index (χ3v) is 2.45. The summed E-state index contributed by atoms with van der Waals surface area (Å²) in [4.78, 5) is 4.19. The zero-order valence-corrected chi connectivity index (χ0v) is 11.5. The van der Waals surface area contributed by atoms with Gasteiger partial charge in [0.25, 0.3) is 0 Å². The van der Waals surface area contributed by atoms with Gasteiger partial charge in [-0.15, -0.1) is 11.6 Å². The molecule has 5 heteroatoms. The highest BCUT2D eigenvalue weighted by Crippen LogP contribution is 2.31. The van der Waals surface area contributed by atoms with E-state index in [1.165, 1.54) is 0 Å². The van der Waals surface area contributed by atoms with E-state index < -0.39 is 0 Å². The summed E-state index contributed by atoms with van der Waals surface area (Å²) in [6.07, 6.45) is 0.0838. The van der Waals surface area contributed by atoms with Gasteiger partial charge in [0, 0.05) is 4.47 Å². The lowest BCUT2D eigenvalue weighted by molar-refractivity contribution is 0.243. The van der Waals surface area contributed by atoms with Crippen LogP contribution in [0.3, 0.4) is 0 Å². The van der Waals surface area contributed by atoms with Crippen LogP contribution in [0.1, 0.15) is 13.8 Å². The van der Waals surface area contributed by atoms with E-state index in [0.29, 0.717) is 17.3 Å². The Labute approximate surface area is 109 Å². The number of ether oxygens (including phenoxy) is 1. The molecule has 0 heterocycles. The largest absolute Gasteiger partial charge is 0.489 e. The molecule has 0 radical (unpaired) electrons. The van der Waals surface area contributed by atoms with E-state index in [9.17, 15) is 0 Å². The summed E-state index contributed by atoms with van der Waals surface area (Å²) in [5.41, 5.74) is 6.28. The molecule has 0 aliphatic carbocycles. The minimum Gasteiger partial charge on any atom is -0.489 e. The third-order valence-electron chi connectivity index (χ3n) is 1.69. The third kappa shape index (κ3) is 4.02. The normalized spacial score (nSPS) is 11.9. The van der Waals surface area contributed by atoms with Crippen molar-refractivity contribution in [3.05, 3.63) is 22.7 Å². The van der Waals surface area contributed by atoms with Gasteiger partial charge in [-0.1, -0.05) is 15.9 Å². The highest BCUT2D eigenvalue weighted by molar-refractivity contribution is 9.10. The summed E-state index contributed by atoms with van der Waals surface area (Å²) < 4.78 is 6.57. The van der Waals surface area contributed by atoms with E-state index in [1.807, 2.05) is 32.0 Å². The number of hydrogen-bond acceptors (Lipinski definition) is 2. The Hall–Kier alpha value is -0.740. The summed E-state index contributed by atoms with van der Waals surface area (Å²) in [5, 5.41) is 0. The lowest BCUT2D eigenvalue weighted by Gasteiger charge is -2.12. The van der Waals surface area contributed by atoms with Crippen LogP contribution in [0.5, 0.6) is 5.75 Å². The van der Waals surface area contributed by atoms with E-state index in [2.05, 4.69) is 20.9 Å². The van der Waals surface area contributed by atoms with Gasteiger partial charge < -0.3 is 10.5 Å². The molecule has 16 heavy (non-hydrogen) atoms. The highest BCUT2D eigenvalue weighted by Gasteiger charge is 2.06. The quantitative estimate of drug-likeness (QED) is 0.526. The van der Waals surface area contributed by atoms with Crippen molar-refractivity contribution in [1.82, 2.24) is 0 Å². The molecule has 0 atom stereocenters. The molecule has 0 bridgehead atoms. The van der Waals surface area contributed by atoms with Gasteiger partial charge in [-0.05, 0) is 32.0 Å². The van der Waals surface area contributed by atoms with Crippen molar-refractivity contribution in [2.75, 3.05) is 5.88 Å². The van der Waals surface area contributed by atoms with Crippen LogP contribution in [0.15, 0.2) is 27.7 Å². The van der Waals surface area contributed by atoms with E-state index in [1.54, 1.807) is 0 Å². The lowest BCUT2D eigenvalue weighted by atomic mass is 10.3. The zero-order valence-electron chi connectivity index (χ0n) is 9.21. The van der Waals surface area contributed by atoms with Gasteiger partial charge in [0.2, 0.25) is 0 Å². The molecule has 1 aromatic rings. The van der Waals surface area contributed by atoms with Crippen LogP contribution in [0, 0.1) is 0 Å². The minimum atomic E-state index is 0.0838. The van der Waals surface area contributed by atoms with Gasteiger partial charge in [0.05, 0.1) is 12.0 Å². The number of rotatable bonds is 4. The molecule has 0 aliphatic heterocycles. The summed E-state index contributed by atoms with van der Waals surface area (Å²) >= 11 is 8.97. The van der Waals surface area contributed by atoms with Crippen molar-refractivity contribution in [1.29, 1.82) is 0 Å². The molecular formula is C11H14BrClN2O. The van der Waals surface area contributed by atoms with Crippen LogP contribution in [-0.2, 0) is 0 Å². The van der Waals surface area contributed by atoms with Crippen molar-refractivity contribution < 1.29 is 4.74 Å². The maximum absolute atomic E-state index is 5.64. The maximum atomic E-state index is 5.64. The Balaban J connectivity index is 3.07. The highest BCUT2D eigenvalue weighted by atomic mass is 79.9. The van der Waals surface area contributed by atoms with Crippen LogP contribution in [0.2, 0.25) is 0 Å². The van der Waals surface area contributed by atoms with Gasteiger partial charge in [0.15, 0.2) is 0 Å². The fourth-order valence-corrected chi connectivity index (χ4v) is 1.51. The summed E-state index contributed by atoms with van der Waals surface area (Å²) in [7, 11) is 0. The monoisotopic (exact) mass is 304 g/mol. The molecule has 3 nitrogen and oxygen atoms in total.